The average molecular weight is 492 g/mol. The lowest BCUT2D eigenvalue weighted by Crippen LogP contribution is -2.40. The molecule has 0 spiro atoms. The van der Waals surface area contributed by atoms with Gasteiger partial charge in [-0.15, -0.1) is 0 Å². The molecule has 0 saturated carbocycles. The van der Waals surface area contributed by atoms with Crippen molar-refractivity contribution in [3.05, 3.63) is 63.1 Å². The van der Waals surface area contributed by atoms with E-state index in [1.807, 2.05) is 6.07 Å². The van der Waals surface area contributed by atoms with Crippen LogP contribution in [-0.2, 0) is 17.4 Å². The molecule has 1 aromatic heterocycles. The molecule has 0 radical (unpaired) electrons. The van der Waals surface area contributed by atoms with Crippen molar-refractivity contribution >= 4 is 16.9 Å². The molecular weight excluding hydrogens is 463 g/mol. The first-order chi connectivity index (χ1) is 16.5. The van der Waals surface area contributed by atoms with Crippen molar-refractivity contribution in [1.29, 1.82) is 0 Å². The molecule has 2 aromatic carbocycles. The molecule has 3 rings (SSSR count). The quantitative estimate of drug-likeness (QED) is 0.506. The van der Waals surface area contributed by atoms with Crippen molar-refractivity contribution in [1.82, 2.24) is 14.9 Å². The number of halogens is 3. The van der Waals surface area contributed by atoms with E-state index in [4.69, 9.17) is 9.47 Å². The zero-order valence-electron chi connectivity index (χ0n) is 20.2. The monoisotopic (exact) mass is 491 g/mol. The number of methoxy groups -OCH3 is 2. The Balaban J connectivity index is 1.94. The van der Waals surface area contributed by atoms with Crippen LogP contribution in [0.2, 0.25) is 0 Å². The van der Waals surface area contributed by atoms with Crippen LogP contribution in [0.5, 0.6) is 11.5 Å². The summed E-state index contributed by atoms with van der Waals surface area (Å²) in [7, 11) is 3.05. The highest BCUT2D eigenvalue weighted by molar-refractivity contribution is 5.84. The van der Waals surface area contributed by atoms with E-state index < -0.39 is 29.4 Å². The molecule has 10 heteroatoms. The van der Waals surface area contributed by atoms with E-state index in [0.717, 1.165) is 21.3 Å². The number of aryl methyl sites for hydroxylation is 2. The minimum Gasteiger partial charge on any atom is -0.493 e. The van der Waals surface area contributed by atoms with Crippen LogP contribution in [0.3, 0.4) is 0 Å². The zero-order chi connectivity index (χ0) is 25.9. The van der Waals surface area contributed by atoms with Crippen LogP contribution < -0.4 is 20.3 Å². The minimum absolute atomic E-state index is 0.0107. The number of nitrogens with zero attached hydrogens (tertiary/aromatic N) is 2. The maximum Gasteiger partial charge on any atom is 0.438 e. The SMILES string of the molecule is CC[C@@H](C(=O)NCCc1ccc(OC)c(OC)c1)n1c(=O)c(C(F)(F)F)nc2cc(C)c(C)cc21. The Hall–Kier alpha value is -3.56. The van der Waals surface area contributed by atoms with Gasteiger partial charge in [0.05, 0.1) is 25.3 Å². The summed E-state index contributed by atoms with van der Waals surface area (Å²) in [5.41, 5.74) is -0.302. The van der Waals surface area contributed by atoms with Crippen molar-refractivity contribution < 1.29 is 27.4 Å². The molecule has 1 N–H and O–H groups in total. The van der Waals surface area contributed by atoms with Crippen molar-refractivity contribution in [3.8, 4) is 11.5 Å². The van der Waals surface area contributed by atoms with E-state index in [-0.39, 0.29) is 24.0 Å². The Morgan fingerprint density at radius 3 is 2.34 bits per heavy atom. The molecule has 1 heterocycles. The maximum absolute atomic E-state index is 13.6. The molecule has 0 aliphatic rings. The highest BCUT2D eigenvalue weighted by Crippen LogP contribution is 2.29. The van der Waals surface area contributed by atoms with Crippen LogP contribution in [0.25, 0.3) is 11.0 Å². The second kappa shape index (κ2) is 10.4. The van der Waals surface area contributed by atoms with Gasteiger partial charge in [-0.3, -0.25) is 14.2 Å². The number of carbonyl (C=O) groups excluding carboxylic acids is 1. The highest BCUT2D eigenvalue weighted by atomic mass is 19.4. The number of aromatic nitrogens is 2. The number of carbonyl (C=O) groups is 1. The molecule has 188 valence electrons. The molecule has 0 aliphatic carbocycles. The Bertz CT molecular complexity index is 1300. The number of fused-ring (bicyclic) bond motifs is 1. The topological polar surface area (TPSA) is 82.5 Å². The largest absolute Gasteiger partial charge is 0.493 e. The van der Waals surface area contributed by atoms with Crippen molar-refractivity contribution in [2.24, 2.45) is 0 Å². The lowest BCUT2D eigenvalue weighted by molar-refractivity contribution is -0.142. The summed E-state index contributed by atoms with van der Waals surface area (Å²) in [5, 5.41) is 2.75. The summed E-state index contributed by atoms with van der Waals surface area (Å²) in [4.78, 5) is 29.6. The fraction of sp³-hybridized carbons (Fsp3) is 0.400. The zero-order valence-corrected chi connectivity index (χ0v) is 20.2. The van der Waals surface area contributed by atoms with Gasteiger partial charge in [0.15, 0.2) is 11.5 Å². The van der Waals surface area contributed by atoms with E-state index in [1.165, 1.54) is 20.3 Å². The van der Waals surface area contributed by atoms with Crippen molar-refractivity contribution in [3.63, 3.8) is 0 Å². The van der Waals surface area contributed by atoms with E-state index >= 15 is 0 Å². The molecule has 0 unspecified atom stereocenters. The van der Waals surface area contributed by atoms with Gasteiger partial charge >= 0.3 is 6.18 Å². The van der Waals surface area contributed by atoms with Gasteiger partial charge in [0, 0.05) is 6.54 Å². The van der Waals surface area contributed by atoms with Gasteiger partial charge in [0.1, 0.15) is 6.04 Å². The lowest BCUT2D eigenvalue weighted by atomic mass is 10.1. The van der Waals surface area contributed by atoms with Gasteiger partial charge in [0.25, 0.3) is 5.56 Å². The van der Waals surface area contributed by atoms with Gasteiger partial charge in [0.2, 0.25) is 11.6 Å². The third-order valence-corrected chi connectivity index (χ3v) is 5.93. The summed E-state index contributed by atoms with van der Waals surface area (Å²) >= 11 is 0. The Kier molecular flexibility index (Phi) is 7.72. The highest BCUT2D eigenvalue weighted by Gasteiger charge is 2.38. The van der Waals surface area contributed by atoms with Crippen LogP contribution in [-0.4, -0.2) is 36.2 Å². The normalized spacial score (nSPS) is 12.5. The number of rotatable bonds is 8. The number of ether oxygens (including phenoxy) is 2. The summed E-state index contributed by atoms with van der Waals surface area (Å²) in [6.45, 7) is 5.39. The van der Waals surface area contributed by atoms with E-state index in [1.54, 1.807) is 39.0 Å². The van der Waals surface area contributed by atoms with Crippen LogP contribution in [0.1, 0.15) is 41.8 Å². The molecule has 0 bridgehead atoms. The Morgan fingerprint density at radius 2 is 1.74 bits per heavy atom. The van der Waals surface area contributed by atoms with Gasteiger partial charge in [-0.1, -0.05) is 13.0 Å². The smallest absolute Gasteiger partial charge is 0.438 e. The first-order valence-electron chi connectivity index (χ1n) is 11.1. The van der Waals surface area contributed by atoms with Crippen LogP contribution in [0.4, 0.5) is 13.2 Å². The predicted molar refractivity (Wildman–Crippen MR) is 126 cm³/mol. The summed E-state index contributed by atoms with van der Waals surface area (Å²) in [5.74, 6) is 0.568. The Labute approximate surface area is 200 Å². The number of hydrogen-bond donors (Lipinski definition) is 1. The van der Waals surface area contributed by atoms with Crippen molar-refractivity contribution in [2.75, 3.05) is 20.8 Å². The molecular formula is C25H28F3N3O4. The molecule has 35 heavy (non-hydrogen) atoms. The van der Waals surface area contributed by atoms with Crippen LogP contribution >= 0.6 is 0 Å². The van der Waals surface area contributed by atoms with Crippen molar-refractivity contribution in [2.45, 2.75) is 45.8 Å². The molecule has 0 aliphatic heterocycles. The first-order valence-corrected chi connectivity index (χ1v) is 11.1. The molecule has 0 fully saturated rings. The van der Waals surface area contributed by atoms with E-state index in [9.17, 15) is 22.8 Å². The second-order valence-electron chi connectivity index (χ2n) is 8.21. The molecule has 3 aromatic rings. The summed E-state index contributed by atoms with van der Waals surface area (Å²) in [6.07, 6.45) is -4.39. The Morgan fingerprint density at radius 1 is 1.09 bits per heavy atom. The lowest BCUT2D eigenvalue weighted by Gasteiger charge is -2.22. The van der Waals surface area contributed by atoms with Gasteiger partial charge in [-0.25, -0.2) is 4.98 Å². The third kappa shape index (κ3) is 5.41. The summed E-state index contributed by atoms with van der Waals surface area (Å²) < 4.78 is 52.3. The van der Waals surface area contributed by atoms with Crippen LogP contribution in [0, 0.1) is 13.8 Å². The number of hydrogen-bond acceptors (Lipinski definition) is 5. The third-order valence-electron chi connectivity index (χ3n) is 5.93. The van der Waals surface area contributed by atoms with E-state index in [2.05, 4.69) is 10.3 Å². The number of alkyl halides is 3. The number of amides is 1. The molecule has 7 nitrogen and oxygen atoms in total. The fourth-order valence-electron chi connectivity index (χ4n) is 3.92. The molecule has 1 atom stereocenters. The van der Waals surface area contributed by atoms with Gasteiger partial charge in [-0.05, 0) is 67.6 Å². The molecule has 1 amide bonds. The van der Waals surface area contributed by atoms with Gasteiger partial charge in [-0.2, -0.15) is 13.2 Å². The standard InChI is InChI=1S/C25H28F3N3O4/c1-6-18(23(32)29-10-9-16-7-8-20(34-4)21(13-16)35-5)31-19-12-15(3)14(2)11-17(19)30-22(24(31)33)25(26,27)28/h7-8,11-13,18H,6,9-10H2,1-5H3,(H,29,32)/t18-/m0/s1. The maximum atomic E-state index is 13.6. The average Bonchev–Trinajstić information content (AvgIpc) is 2.81. The number of benzene rings is 2. The molecule has 0 saturated heterocycles. The van der Waals surface area contributed by atoms with Crippen LogP contribution in [0.15, 0.2) is 35.1 Å². The predicted octanol–water partition coefficient (Wildman–Crippen LogP) is 4.36. The van der Waals surface area contributed by atoms with Gasteiger partial charge < -0.3 is 14.8 Å². The fourth-order valence-corrected chi connectivity index (χ4v) is 3.92. The summed E-state index contributed by atoms with van der Waals surface area (Å²) in [6, 6.07) is 7.31. The second-order valence-corrected chi connectivity index (χ2v) is 8.21. The number of nitrogens with one attached hydrogen (secondary N) is 1. The van der Waals surface area contributed by atoms with E-state index in [0.29, 0.717) is 17.9 Å². The minimum atomic E-state index is -4.95. The first kappa shape index (κ1) is 26.1.